The third-order valence-electron chi connectivity index (χ3n) is 5.58. The number of nitrogens with one attached hydrogen (secondary N) is 2. The number of hydrogen-bond acceptors (Lipinski definition) is 7. The smallest absolute Gasteiger partial charge is 0.227 e. The van der Waals surface area contributed by atoms with E-state index in [0.29, 0.717) is 5.95 Å². The van der Waals surface area contributed by atoms with E-state index in [1.807, 2.05) is 30.6 Å². The molecule has 0 spiro atoms. The zero-order valence-electron chi connectivity index (χ0n) is 18.9. The summed E-state index contributed by atoms with van der Waals surface area (Å²) in [6, 6.07) is 8.54. The van der Waals surface area contributed by atoms with Crippen LogP contribution in [-0.4, -0.2) is 38.8 Å². The molecule has 2 aromatic rings. The van der Waals surface area contributed by atoms with Gasteiger partial charge < -0.3 is 15.8 Å². The molecule has 1 aromatic heterocycles. The molecule has 1 aliphatic carbocycles. The topological polar surface area (TPSA) is 73.3 Å². The van der Waals surface area contributed by atoms with Crippen LogP contribution in [0.2, 0.25) is 0 Å². The Bertz CT molecular complexity index is 1040. The molecule has 1 fully saturated rings. The average Bonchev–Trinajstić information content (AvgIpc) is 3.22. The second-order valence-electron chi connectivity index (χ2n) is 8.28. The van der Waals surface area contributed by atoms with E-state index in [2.05, 4.69) is 70.0 Å². The third-order valence-corrected chi connectivity index (χ3v) is 6.58. The fourth-order valence-corrected chi connectivity index (χ4v) is 4.63. The fourth-order valence-electron chi connectivity index (χ4n) is 3.76. The Morgan fingerprint density at radius 3 is 2.79 bits per heavy atom. The van der Waals surface area contributed by atoms with Gasteiger partial charge in [-0.15, -0.1) is 4.47 Å². The molecule has 1 atom stereocenters. The van der Waals surface area contributed by atoms with Crippen molar-refractivity contribution < 1.29 is 5.21 Å². The van der Waals surface area contributed by atoms with Crippen LogP contribution in [0.5, 0.6) is 0 Å². The van der Waals surface area contributed by atoms with Crippen molar-refractivity contribution in [1.29, 1.82) is 0 Å². The van der Waals surface area contributed by atoms with Gasteiger partial charge in [-0.3, -0.25) is 0 Å². The van der Waals surface area contributed by atoms with Crippen molar-refractivity contribution in [2.45, 2.75) is 38.6 Å². The van der Waals surface area contributed by atoms with E-state index >= 15 is 0 Å². The van der Waals surface area contributed by atoms with Crippen LogP contribution in [0.3, 0.4) is 0 Å². The highest BCUT2D eigenvalue weighted by Gasteiger charge is 2.20. The van der Waals surface area contributed by atoms with Crippen molar-refractivity contribution in [2.75, 3.05) is 18.4 Å². The SMILES string of the molecule is Cc1cccc(/C=C/c2cnc(NC3=CCC=C(SN(O)C4CCCNCC4)C=C3)nc2)c1. The molecule has 6 nitrogen and oxygen atoms in total. The molecule has 0 saturated carbocycles. The predicted molar refractivity (Wildman–Crippen MR) is 137 cm³/mol. The standard InChI is InChI=1S/C26H31N5OS/c1-20-5-2-6-21(17-20)10-11-22-18-28-26(29-19-22)30-23-7-3-9-25(13-12-23)33-31(32)24-8-4-15-27-16-14-24/h2,5-7,9-13,17-19,24,27,32H,3-4,8,14-16H2,1H3,(H,28,29,30)/b11-10+. The fraction of sp³-hybridized carbons (Fsp3) is 0.308. The molecule has 1 saturated heterocycles. The zero-order chi connectivity index (χ0) is 22.9. The highest BCUT2D eigenvalue weighted by molar-refractivity contribution is 8.00. The highest BCUT2D eigenvalue weighted by atomic mass is 32.2. The Hall–Kier alpha value is -2.71. The lowest BCUT2D eigenvalue weighted by Gasteiger charge is -2.23. The van der Waals surface area contributed by atoms with Gasteiger partial charge in [-0.1, -0.05) is 54.1 Å². The van der Waals surface area contributed by atoms with Gasteiger partial charge in [0, 0.05) is 34.6 Å². The number of aryl methyl sites for hydroxylation is 1. The van der Waals surface area contributed by atoms with E-state index in [1.165, 1.54) is 22.0 Å². The summed E-state index contributed by atoms with van der Waals surface area (Å²) in [5.41, 5.74) is 4.28. The number of rotatable bonds is 7. The van der Waals surface area contributed by atoms with Gasteiger partial charge in [0.15, 0.2) is 0 Å². The number of nitrogens with zero attached hydrogens (tertiary/aromatic N) is 3. The van der Waals surface area contributed by atoms with Crippen molar-refractivity contribution in [3.8, 4) is 0 Å². The lowest BCUT2D eigenvalue weighted by Crippen LogP contribution is -2.27. The summed E-state index contributed by atoms with van der Waals surface area (Å²) < 4.78 is 1.42. The lowest BCUT2D eigenvalue weighted by molar-refractivity contribution is -0.0262. The van der Waals surface area contributed by atoms with Crippen molar-refractivity contribution in [1.82, 2.24) is 19.8 Å². The molecule has 2 heterocycles. The Kier molecular flexibility index (Phi) is 8.49. The third kappa shape index (κ3) is 7.40. The number of hydroxylamine groups is 1. The van der Waals surface area contributed by atoms with Crippen LogP contribution in [-0.2, 0) is 0 Å². The summed E-state index contributed by atoms with van der Waals surface area (Å²) in [7, 11) is 0. The molecule has 1 aromatic carbocycles. The monoisotopic (exact) mass is 461 g/mol. The summed E-state index contributed by atoms with van der Waals surface area (Å²) in [6.07, 6.45) is 19.8. The van der Waals surface area contributed by atoms with Gasteiger partial charge in [-0.2, -0.15) is 0 Å². The minimum Gasteiger partial charge on any atom is -0.324 e. The molecule has 0 radical (unpaired) electrons. The van der Waals surface area contributed by atoms with Gasteiger partial charge in [0.05, 0.1) is 0 Å². The summed E-state index contributed by atoms with van der Waals surface area (Å²) in [5.74, 6) is 0.560. The summed E-state index contributed by atoms with van der Waals surface area (Å²) >= 11 is 1.40. The van der Waals surface area contributed by atoms with E-state index in [9.17, 15) is 5.21 Å². The molecule has 33 heavy (non-hydrogen) atoms. The molecule has 1 unspecified atom stereocenters. The molecule has 172 valence electrons. The van der Waals surface area contributed by atoms with Gasteiger partial charge >= 0.3 is 0 Å². The molecule has 0 bridgehead atoms. The largest absolute Gasteiger partial charge is 0.324 e. The Morgan fingerprint density at radius 1 is 1.09 bits per heavy atom. The van der Waals surface area contributed by atoms with Gasteiger partial charge in [-0.05, 0) is 75.4 Å². The van der Waals surface area contributed by atoms with Gasteiger partial charge in [0.2, 0.25) is 5.95 Å². The zero-order valence-corrected chi connectivity index (χ0v) is 19.8. The molecular weight excluding hydrogens is 430 g/mol. The molecule has 0 amide bonds. The minimum absolute atomic E-state index is 0.181. The summed E-state index contributed by atoms with van der Waals surface area (Å²) in [5, 5.41) is 17.2. The van der Waals surface area contributed by atoms with Crippen LogP contribution in [0.25, 0.3) is 12.2 Å². The van der Waals surface area contributed by atoms with E-state index in [4.69, 9.17) is 0 Å². The first-order valence-corrected chi connectivity index (χ1v) is 12.2. The van der Waals surface area contributed by atoms with Crippen LogP contribution >= 0.6 is 11.9 Å². The number of anilines is 1. The molecule has 3 N–H and O–H groups in total. The number of allylic oxidation sites excluding steroid dienone is 4. The Morgan fingerprint density at radius 2 is 1.94 bits per heavy atom. The van der Waals surface area contributed by atoms with Crippen molar-refractivity contribution in [3.05, 3.63) is 88.3 Å². The summed E-state index contributed by atoms with van der Waals surface area (Å²) in [4.78, 5) is 9.92. The van der Waals surface area contributed by atoms with Gasteiger partial charge in [-0.25, -0.2) is 9.97 Å². The van der Waals surface area contributed by atoms with E-state index < -0.39 is 0 Å². The predicted octanol–water partition coefficient (Wildman–Crippen LogP) is 5.58. The minimum atomic E-state index is 0.181. The first kappa shape index (κ1) is 23.4. The maximum absolute atomic E-state index is 10.5. The van der Waals surface area contributed by atoms with Crippen LogP contribution < -0.4 is 10.6 Å². The van der Waals surface area contributed by atoms with Crippen LogP contribution in [0, 0.1) is 6.92 Å². The van der Waals surface area contributed by atoms with E-state index in [1.54, 1.807) is 0 Å². The van der Waals surface area contributed by atoms with Gasteiger partial charge in [0.25, 0.3) is 0 Å². The van der Waals surface area contributed by atoms with Crippen molar-refractivity contribution in [2.24, 2.45) is 0 Å². The van der Waals surface area contributed by atoms with Crippen LogP contribution in [0.4, 0.5) is 5.95 Å². The summed E-state index contributed by atoms with van der Waals surface area (Å²) in [6.45, 7) is 4.07. The first-order valence-electron chi connectivity index (χ1n) is 11.4. The molecule has 4 rings (SSSR count). The molecule has 1 aliphatic heterocycles. The maximum atomic E-state index is 10.5. The van der Waals surface area contributed by atoms with Crippen molar-refractivity contribution >= 4 is 30.0 Å². The maximum Gasteiger partial charge on any atom is 0.227 e. The molecule has 7 heteroatoms. The van der Waals surface area contributed by atoms with Crippen LogP contribution in [0.15, 0.2) is 71.6 Å². The van der Waals surface area contributed by atoms with E-state index in [0.717, 1.165) is 60.5 Å². The average molecular weight is 462 g/mol. The van der Waals surface area contributed by atoms with Crippen LogP contribution in [0.1, 0.15) is 42.4 Å². The second kappa shape index (κ2) is 12.0. The Balaban J connectivity index is 1.30. The number of hydrogen-bond donors (Lipinski definition) is 3. The normalized spacial score (nSPS) is 19.2. The molecular formula is C26H31N5OS. The van der Waals surface area contributed by atoms with E-state index in [-0.39, 0.29) is 6.04 Å². The lowest BCUT2D eigenvalue weighted by atomic mass is 10.1. The van der Waals surface area contributed by atoms with Crippen molar-refractivity contribution in [3.63, 3.8) is 0 Å². The van der Waals surface area contributed by atoms with Gasteiger partial charge in [0.1, 0.15) is 0 Å². The number of aromatic nitrogens is 2. The Labute approximate surface area is 200 Å². The highest BCUT2D eigenvalue weighted by Crippen LogP contribution is 2.28. The first-order chi connectivity index (χ1) is 16.2. The second-order valence-corrected chi connectivity index (χ2v) is 9.30. The molecule has 2 aliphatic rings. The number of benzene rings is 1. The quantitative estimate of drug-likeness (QED) is 0.367.